The fourth-order valence-corrected chi connectivity index (χ4v) is 2.20. The van der Waals surface area contributed by atoms with E-state index in [0.717, 1.165) is 24.9 Å². The number of nitrogens with one attached hydrogen (secondary N) is 1. The highest BCUT2D eigenvalue weighted by molar-refractivity contribution is 5.81. The van der Waals surface area contributed by atoms with Crippen LogP contribution < -0.4 is 5.32 Å². The van der Waals surface area contributed by atoms with Gasteiger partial charge in [0.2, 0.25) is 0 Å². The Kier molecular flexibility index (Phi) is 4.65. The third kappa shape index (κ3) is 3.05. The SMILES string of the molecule is CCCNC(CC)Cc1cnnc2ccccc12. The van der Waals surface area contributed by atoms with E-state index in [-0.39, 0.29) is 0 Å². The van der Waals surface area contributed by atoms with Crippen LogP contribution in [0.2, 0.25) is 0 Å². The first kappa shape index (κ1) is 13.0. The molecule has 0 fully saturated rings. The molecule has 1 unspecified atom stereocenters. The second kappa shape index (κ2) is 6.45. The van der Waals surface area contributed by atoms with Crippen molar-refractivity contribution in [2.75, 3.05) is 6.54 Å². The Morgan fingerprint density at radius 1 is 1.22 bits per heavy atom. The average molecular weight is 243 g/mol. The molecule has 1 atom stereocenters. The molecule has 2 rings (SSSR count). The van der Waals surface area contributed by atoms with Gasteiger partial charge in [-0.15, -0.1) is 0 Å². The summed E-state index contributed by atoms with van der Waals surface area (Å²) in [5, 5.41) is 13.1. The normalized spacial score (nSPS) is 12.8. The smallest absolute Gasteiger partial charge is 0.0932 e. The van der Waals surface area contributed by atoms with Crippen LogP contribution in [0.5, 0.6) is 0 Å². The number of hydrogen-bond acceptors (Lipinski definition) is 3. The molecule has 0 aliphatic heterocycles. The second-order valence-corrected chi connectivity index (χ2v) is 4.65. The topological polar surface area (TPSA) is 37.8 Å². The lowest BCUT2D eigenvalue weighted by Gasteiger charge is -2.17. The predicted molar refractivity (Wildman–Crippen MR) is 75.6 cm³/mol. The molecular weight excluding hydrogens is 222 g/mol. The van der Waals surface area contributed by atoms with E-state index in [0.29, 0.717) is 6.04 Å². The molecule has 0 spiro atoms. The Morgan fingerprint density at radius 2 is 2.06 bits per heavy atom. The zero-order chi connectivity index (χ0) is 12.8. The van der Waals surface area contributed by atoms with Crippen molar-refractivity contribution in [3.63, 3.8) is 0 Å². The van der Waals surface area contributed by atoms with Gasteiger partial charge in [-0.2, -0.15) is 10.2 Å². The summed E-state index contributed by atoms with van der Waals surface area (Å²) < 4.78 is 0. The molecule has 3 nitrogen and oxygen atoms in total. The van der Waals surface area contributed by atoms with E-state index in [1.54, 1.807) is 0 Å². The van der Waals surface area contributed by atoms with Gasteiger partial charge < -0.3 is 5.32 Å². The molecule has 0 amide bonds. The second-order valence-electron chi connectivity index (χ2n) is 4.65. The Morgan fingerprint density at radius 3 is 2.83 bits per heavy atom. The maximum atomic E-state index is 4.17. The van der Waals surface area contributed by atoms with Gasteiger partial charge in [-0.3, -0.25) is 0 Å². The number of rotatable bonds is 6. The van der Waals surface area contributed by atoms with Crippen molar-refractivity contribution in [2.24, 2.45) is 0 Å². The summed E-state index contributed by atoms with van der Waals surface area (Å²) >= 11 is 0. The lowest BCUT2D eigenvalue weighted by Crippen LogP contribution is -2.31. The molecular formula is C15H21N3. The molecule has 0 radical (unpaired) electrons. The first-order chi connectivity index (χ1) is 8.85. The summed E-state index contributed by atoms with van der Waals surface area (Å²) in [7, 11) is 0. The highest BCUT2D eigenvalue weighted by atomic mass is 15.1. The van der Waals surface area contributed by atoms with Crippen molar-refractivity contribution in [1.82, 2.24) is 15.5 Å². The fraction of sp³-hybridized carbons (Fsp3) is 0.467. The Balaban J connectivity index is 2.19. The summed E-state index contributed by atoms with van der Waals surface area (Å²) in [6.07, 6.45) is 5.23. The van der Waals surface area contributed by atoms with Gasteiger partial charge in [-0.25, -0.2) is 0 Å². The molecule has 1 aromatic heterocycles. The molecule has 1 N–H and O–H groups in total. The monoisotopic (exact) mass is 243 g/mol. The maximum Gasteiger partial charge on any atom is 0.0932 e. The Labute approximate surface area is 109 Å². The number of aromatic nitrogens is 2. The van der Waals surface area contributed by atoms with Crippen LogP contribution in [-0.4, -0.2) is 22.8 Å². The number of benzene rings is 1. The van der Waals surface area contributed by atoms with Crippen molar-refractivity contribution >= 4 is 10.9 Å². The van der Waals surface area contributed by atoms with Crippen LogP contribution >= 0.6 is 0 Å². The first-order valence-corrected chi connectivity index (χ1v) is 6.77. The minimum Gasteiger partial charge on any atom is -0.314 e. The molecule has 96 valence electrons. The number of fused-ring (bicyclic) bond motifs is 1. The zero-order valence-electron chi connectivity index (χ0n) is 11.2. The van der Waals surface area contributed by atoms with E-state index in [1.165, 1.54) is 17.4 Å². The van der Waals surface area contributed by atoms with Gasteiger partial charge >= 0.3 is 0 Å². The van der Waals surface area contributed by atoms with E-state index in [1.807, 2.05) is 18.3 Å². The van der Waals surface area contributed by atoms with Gasteiger partial charge in [0.05, 0.1) is 11.7 Å². The van der Waals surface area contributed by atoms with Crippen molar-refractivity contribution < 1.29 is 0 Å². The first-order valence-electron chi connectivity index (χ1n) is 6.77. The van der Waals surface area contributed by atoms with E-state index < -0.39 is 0 Å². The van der Waals surface area contributed by atoms with E-state index in [2.05, 4.69) is 41.5 Å². The van der Waals surface area contributed by atoms with Crippen LogP contribution in [0.1, 0.15) is 32.3 Å². The molecule has 18 heavy (non-hydrogen) atoms. The zero-order valence-corrected chi connectivity index (χ0v) is 11.2. The van der Waals surface area contributed by atoms with E-state index in [9.17, 15) is 0 Å². The third-order valence-corrected chi connectivity index (χ3v) is 3.27. The molecule has 2 aromatic rings. The van der Waals surface area contributed by atoms with Crippen molar-refractivity contribution in [3.8, 4) is 0 Å². The summed E-state index contributed by atoms with van der Waals surface area (Å²) in [5.41, 5.74) is 2.27. The number of nitrogens with zero attached hydrogens (tertiary/aromatic N) is 2. The van der Waals surface area contributed by atoms with E-state index in [4.69, 9.17) is 0 Å². The van der Waals surface area contributed by atoms with Gasteiger partial charge in [-0.05, 0) is 37.4 Å². The maximum absolute atomic E-state index is 4.17. The molecule has 3 heteroatoms. The van der Waals surface area contributed by atoms with Gasteiger partial charge in [0, 0.05) is 11.4 Å². The molecule has 0 aliphatic carbocycles. The van der Waals surface area contributed by atoms with Crippen LogP contribution in [0.4, 0.5) is 0 Å². The quantitative estimate of drug-likeness (QED) is 0.847. The Hall–Kier alpha value is -1.48. The predicted octanol–water partition coefficient (Wildman–Crippen LogP) is 2.95. The fourth-order valence-electron chi connectivity index (χ4n) is 2.20. The minimum absolute atomic E-state index is 0.526. The highest BCUT2D eigenvalue weighted by Gasteiger charge is 2.09. The van der Waals surface area contributed by atoms with Gasteiger partial charge in [0.25, 0.3) is 0 Å². The van der Waals surface area contributed by atoms with Crippen LogP contribution in [0.3, 0.4) is 0 Å². The molecule has 0 aliphatic rings. The number of hydrogen-bond donors (Lipinski definition) is 1. The van der Waals surface area contributed by atoms with Crippen LogP contribution in [0.15, 0.2) is 30.5 Å². The molecule has 0 bridgehead atoms. The molecule has 1 heterocycles. The average Bonchev–Trinajstić information content (AvgIpc) is 2.43. The van der Waals surface area contributed by atoms with E-state index >= 15 is 0 Å². The van der Waals surface area contributed by atoms with Gasteiger partial charge in [-0.1, -0.05) is 32.0 Å². The van der Waals surface area contributed by atoms with Crippen LogP contribution in [-0.2, 0) is 6.42 Å². The minimum atomic E-state index is 0.526. The standard InChI is InChI=1S/C15H21N3/c1-3-9-16-13(4-2)10-12-11-17-18-15-8-6-5-7-14(12)15/h5-8,11,13,16H,3-4,9-10H2,1-2H3. The molecule has 0 saturated heterocycles. The largest absolute Gasteiger partial charge is 0.314 e. The van der Waals surface area contributed by atoms with Crippen LogP contribution in [0.25, 0.3) is 10.9 Å². The van der Waals surface area contributed by atoms with Gasteiger partial charge in [0.15, 0.2) is 0 Å². The lowest BCUT2D eigenvalue weighted by molar-refractivity contribution is 0.495. The van der Waals surface area contributed by atoms with Gasteiger partial charge in [0.1, 0.15) is 0 Å². The van der Waals surface area contributed by atoms with Crippen molar-refractivity contribution in [1.29, 1.82) is 0 Å². The molecule has 1 aromatic carbocycles. The lowest BCUT2D eigenvalue weighted by atomic mass is 10.0. The summed E-state index contributed by atoms with van der Waals surface area (Å²) in [4.78, 5) is 0. The third-order valence-electron chi connectivity index (χ3n) is 3.27. The van der Waals surface area contributed by atoms with Crippen molar-refractivity contribution in [2.45, 2.75) is 39.2 Å². The summed E-state index contributed by atoms with van der Waals surface area (Å²) in [5.74, 6) is 0. The highest BCUT2D eigenvalue weighted by Crippen LogP contribution is 2.17. The molecule has 0 saturated carbocycles. The summed E-state index contributed by atoms with van der Waals surface area (Å²) in [6, 6.07) is 8.75. The Bertz CT molecular complexity index is 491. The summed E-state index contributed by atoms with van der Waals surface area (Å²) in [6.45, 7) is 5.50. The van der Waals surface area contributed by atoms with Crippen LogP contribution in [0, 0.1) is 0 Å². The van der Waals surface area contributed by atoms with Crippen molar-refractivity contribution in [3.05, 3.63) is 36.0 Å².